The first kappa shape index (κ1) is 14.6. The lowest BCUT2D eigenvalue weighted by Gasteiger charge is -2.12. The van der Waals surface area contributed by atoms with Crippen LogP contribution in [0.15, 0.2) is 34.8 Å². The Bertz CT molecular complexity index is 617. The van der Waals surface area contributed by atoms with Crippen molar-refractivity contribution < 1.29 is 9.13 Å². The second kappa shape index (κ2) is 6.12. The van der Waals surface area contributed by atoms with Crippen LogP contribution in [-0.4, -0.2) is 0 Å². The molecule has 100 valence electrons. The monoisotopic (exact) mass is 362 g/mol. The Labute approximate surface area is 129 Å². The summed E-state index contributed by atoms with van der Waals surface area (Å²) in [5.41, 5.74) is 1.94. The minimum absolute atomic E-state index is 0.0423. The lowest BCUT2D eigenvalue weighted by atomic mass is 10.1. The molecule has 0 aliphatic heterocycles. The van der Waals surface area contributed by atoms with Crippen molar-refractivity contribution in [2.24, 2.45) is 0 Å². The maximum absolute atomic E-state index is 13.4. The average Bonchev–Trinajstić information content (AvgIpc) is 2.37. The van der Waals surface area contributed by atoms with Gasteiger partial charge in [0.1, 0.15) is 17.3 Å². The quantitative estimate of drug-likeness (QED) is 0.474. The van der Waals surface area contributed by atoms with Gasteiger partial charge >= 0.3 is 0 Å². The second-order valence-corrected chi connectivity index (χ2v) is 5.57. The minimum Gasteiger partial charge on any atom is -0.456 e. The van der Waals surface area contributed by atoms with Gasteiger partial charge in [-0.05, 0) is 35.0 Å². The van der Waals surface area contributed by atoms with Crippen LogP contribution >= 0.6 is 39.1 Å². The maximum Gasteiger partial charge on any atom is 0.145 e. The molecule has 2 aromatic rings. The fraction of sp³-hybridized carbons (Fsp3) is 0.143. The Morgan fingerprint density at radius 2 is 1.95 bits per heavy atom. The van der Waals surface area contributed by atoms with Gasteiger partial charge in [0.15, 0.2) is 0 Å². The van der Waals surface area contributed by atoms with E-state index < -0.39 is 5.82 Å². The van der Waals surface area contributed by atoms with Gasteiger partial charge in [0.25, 0.3) is 0 Å². The van der Waals surface area contributed by atoms with E-state index in [1.54, 1.807) is 0 Å². The van der Waals surface area contributed by atoms with Crippen LogP contribution in [0.2, 0.25) is 5.02 Å². The number of ether oxygens (including phenoxy) is 1. The molecule has 0 unspecified atom stereocenters. The second-order valence-electron chi connectivity index (χ2n) is 4.04. The van der Waals surface area contributed by atoms with Crippen molar-refractivity contribution in [1.29, 1.82) is 0 Å². The summed E-state index contributed by atoms with van der Waals surface area (Å²) in [4.78, 5) is 0. The molecule has 0 aromatic heterocycles. The van der Waals surface area contributed by atoms with E-state index in [1.807, 2.05) is 25.1 Å². The first-order valence-electron chi connectivity index (χ1n) is 5.49. The van der Waals surface area contributed by atoms with Crippen molar-refractivity contribution in [3.8, 4) is 11.5 Å². The van der Waals surface area contributed by atoms with E-state index in [9.17, 15) is 4.39 Å². The Morgan fingerprint density at radius 1 is 1.21 bits per heavy atom. The highest BCUT2D eigenvalue weighted by atomic mass is 79.9. The van der Waals surface area contributed by atoms with Crippen LogP contribution in [-0.2, 0) is 5.88 Å². The minimum atomic E-state index is -0.528. The molecule has 0 saturated heterocycles. The summed E-state index contributed by atoms with van der Waals surface area (Å²) in [6, 6.07) is 8.35. The summed E-state index contributed by atoms with van der Waals surface area (Å²) < 4.78 is 19.7. The SMILES string of the molecule is Cc1ccc(Oc2cc(F)c(Cl)cc2Br)c(CCl)c1. The van der Waals surface area contributed by atoms with Gasteiger partial charge in [-0.25, -0.2) is 4.39 Å². The van der Waals surface area contributed by atoms with Crippen LogP contribution in [0.4, 0.5) is 4.39 Å². The van der Waals surface area contributed by atoms with E-state index in [1.165, 1.54) is 12.1 Å². The summed E-state index contributed by atoms with van der Waals surface area (Å²) in [5.74, 6) is 0.754. The van der Waals surface area contributed by atoms with Crippen molar-refractivity contribution >= 4 is 39.1 Å². The Hall–Kier alpha value is -0.770. The first-order valence-corrected chi connectivity index (χ1v) is 7.19. The highest BCUT2D eigenvalue weighted by Gasteiger charge is 2.11. The van der Waals surface area contributed by atoms with Crippen LogP contribution in [0.25, 0.3) is 0 Å². The normalized spacial score (nSPS) is 10.6. The summed E-state index contributed by atoms with van der Waals surface area (Å²) in [7, 11) is 0. The third-order valence-electron chi connectivity index (χ3n) is 2.55. The molecular formula is C14H10BrCl2FO. The number of hydrogen-bond donors (Lipinski definition) is 0. The number of alkyl halides is 1. The molecule has 19 heavy (non-hydrogen) atoms. The molecule has 0 heterocycles. The van der Waals surface area contributed by atoms with E-state index in [-0.39, 0.29) is 5.02 Å². The fourth-order valence-electron chi connectivity index (χ4n) is 1.61. The fourth-order valence-corrected chi connectivity index (χ4v) is 2.54. The summed E-state index contributed by atoms with van der Waals surface area (Å²) in [5, 5.41) is 0.0423. The van der Waals surface area contributed by atoms with E-state index >= 15 is 0 Å². The molecule has 0 aliphatic rings. The zero-order valence-corrected chi connectivity index (χ0v) is 13.1. The number of aryl methyl sites for hydroxylation is 1. The van der Waals surface area contributed by atoms with Crippen LogP contribution in [0.1, 0.15) is 11.1 Å². The molecule has 0 saturated carbocycles. The van der Waals surface area contributed by atoms with Crippen molar-refractivity contribution in [2.45, 2.75) is 12.8 Å². The third-order valence-corrected chi connectivity index (χ3v) is 3.75. The smallest absolute Gasteiger partial charge is 0.145 e. The van der Waals surface area contributed by atoms with Crippen molar-refractivity contribution in [3.05, 3.63) is 56.8 Å². The predicted molar refractivity (Wildman–Crippen MR) is 79.9 cm³/mol. The van der Waals surface area contributed by atoms with E-state index in [0.29, 0.717) is 21.9 Å². The van der Waals surface area contributed by atoms with Crippen LogP contribution in [0.3, 0.4) is 0 Å². The molecule has 1 nitrogen and oxygen atoms in total. The highest BCUT2D eigenvalue weighted by molar-refractivity contribution is 9.10. The third kappa shape index (κ3) is 3.41. The number of rotatable bonds is 3. The molecule has 2 rings (SSSR count). The van der Waals surface area contributed by atoms with Gasteiger partial charge in [0.2, 0.25) is 0 Å². The van der Waals surface area contributed by atoms with Gasteiger partial charge in [-0.15, -0.1) is 11.6 Å². The lowest BCUT2D eigenvalue weighted by molar-refractivity contribution is 0.469. The van der Waals surface area contributed by atoms with Crippen LogP contribution in [0.5, 0.6) is 11.5 Å². The molecule has 0 N–H and O–H groups in total. The van der Waals surface area contributed by atoms with E-state index in [2.05, 4.69) is 15.9 Å². The number of hydrogen-bond acceptors (Lipinski definition) is 1. The maximum atomic E-state index is 13.4. The molecule has 0 bridgehead atoms. The van der Waals surface area contributed by atoms with E-state index in [0.717, 1.165) is 11.1 Å². The number of halogens is 4. The van der Waals surface area contributed by atoms with Crippen LogP contribution < -0.4 is 4.74 Å². The van der Waals surface area contributed by atoms with Gasteiger partial charge < -0.3 is 4.74 Å². The van der Waals surface area contributed by atoms with Gasteiger partial charge in [0.05, 0.1) is 15.4 Å². The van der Waals surface area contributed by atoms with Crippen molar-refractivity contribution in [3.63, 3.8) is 0 Å². The highest BCUT2D eigenvalue weighted by Crippen LogP contribution is 2.35. The van der Waals surface area contributed by atoms with Gasteiger partial charge in [-0.1, -0.05) is 29.3 Å². The Kier molecular flexibility index (Phi) is 4.71. The van der Waals surface area contributed by atoms with Crippen molar-refractivity contribution in [2.75, 3.05) is 0 Å². The first-order chi connectivity index (χ1) is 9.01. The molecule has 0 fully saturated rings. The van der Waals surface area contributed by atoms with Crippen LogP contribution in [0, 0.1) is 12.7 Å². The summed E-state index contributed by atoms with van der Waals surface area (Å²) >= 11 is 14.9. The van der Waals surface area contributed by atoms with Gasteiger partial charge in [-0.3, -0.25) is 0 Å². The lowest BCUT2D eigenvalue weighted by Crippen LogP contribution is -1.92. The van der Waals surface area contributed by atoms with Crippen molar-refractivity contribution in [1.82, 2.24) is 0 Å². The molecule has 0 radical (unpaired) electrons. The molecule has 2 aromatic carbocycles. The molecule has 0 atom stereocenters. The topological polar surface area (TPSA) is 9.23 Å². The molecular weight excluding hydrogens is 354 g/mol. The van der Waals surface area contributed by atoms with E-state index in [4.69, 9.17) is 27.9 Å². The molecule has 0 spiro atoms. The summed E-state index contributed by atoms with van der Waals surface area (Å²) in [6.45, 7) is 1.97. The zero-order valence-electron chi connectivity index (χ0n) is 10.0. The molecule has 5 heteroatoms. The summed E-state index contributed by atoms with van der Waals surface area (Å²) in [6.07, 6.45) is 0. The average molecular weight is 364 g/mol. The van der Waals surface area contributed by atoms with Gasteiger partial charge in [-0.2, -0.15) is 0 Å². The standard InChI is InChI=1S/C14H10BrCl2FO/c1-8-2-3-13(9(4-8)7-16)19-14-6-12(18)11(17)5-10(14)15/h2-6H,7H2,1H3. The number of benzene rings is 2. The molecule has 0 amide bonds. The zero-order chi connectivity index (χ0) is 14.0. The predicted octanol–water partition coefficient (Wildman–Crippen LogP) is 6.08. The Morgan fingerprint density at radius 3 is 2.63 bits per heavy atom. The Balaban J connectivity index is 2.39. The molecule has 0 aliphatic carbocycles. The largest absolute Gasteiger partial charge is 0.456 e. The van der Waals surface area contributed by atoms with Gasteiger partial charge in [0, 0.05) is 11.6 Å².